The number of carbonyl (C=O) groups is 1. The van der Waals surface area contributed by atoms with Gasteiger partial charge in [0.2, 0.25) is 11.9 Å². The number of nitrogens with one attached hydrogen (secondary N) is 2. The maximum absolute atomic E-state index is 12.1. The lowest BCUT2D eigenvalue weighted by Gasteiger charge is -2.25. The van der Waals surface area contributed by atoms with Gasteiger partial charge in [-0.3, -0.25) is 4.79 Å². The molecule has 0 aliphatic heterocycles. The largest absolute Gasteiger partial charge is 0.506 e. The van der Waals surface area contributed by atoms with Crippen LogP contribution in [-0.2, 0) is 11.8 Å². The Bertz CT molecular complexity index is 1410. The first-order valence-electron chi connectivity index (χ1n) is 11.6. The van der Waals surface area contributed by atoms with Gasteiger partial charge in [0, 0.05) is 62.1 Å². The van der Waals surface area contributed by atoms with Crippen LogP contribution in [-0.4, -0.2) is 64.7 Å². The second kappa shape index (κ2) is 10.5. The summed E-state index contributed by atoms with van der Waals surface area (Å²) in [7, 11) is 7.89. The molecule has 186 valence electrons. The number of hydrogen-bond acceptors (Lipinski definition) is 7. The maximum Gasteiger partial charge on any atom is 0.247 e. The topological polar surface area (TPSA) is 98.5 Å². The van der Waals surface area contributed by atoms with Gasteiger partial charge >= 0.3 is 0 Å². The van der Waals surface area contributed by atoms with Crippen LogP contribution in [0, 0.1) is 0 Å². The number of likely N-dealkylation sites (N-methyl/N-ethyl adjacent to an activating group) is 2. The highest BCUT2D eigenvalue weighted by molar-refractivity contribution is 6.02. The Morgan fingerprint density at radius 1 is 1.14 bits per heavy atom. The van der Waals surface area contributed by atoms with E-state index in [0.717, 1.165) is 28.7 Å². The molecule has 9 nitrogen and oxygen atoms in total. The highest BCUT2D eigenvalue weighted by Crippen LogP contribution is 2.37. The minimum atomic E-state index is -0.344. The fourth-order valence-corrected chi connectivity index (χ4v) is 3.98. The number of phenols is 1. The molecule has 0 unspecified atom stereocenters. The van der Waals surface area contributed by atoms with Crippen LogP contribution in [0.25, 0.3) is 22.2 Å². The molecule has 4 aromatic rings. The molecule has 9 heteroatoms. The van der Waals surface area contributed by atoms with Crippen LogP contribution in [0.4, 0.5) is 23.0 Å². The van der Waals surface area contributed by atoms with Gasteiger partial charge in [-0.15, -0.1) is 0 Å². The van der Waals surface area contributed by atoms with E-state index in [9.17, 15) is 9.90 Å². The van der Waals surface area contributed by atoms with E-state index < -0.39 is 0 Å². The predicted molar refractivity (Wildman–Crippen MR) is 146 cm³/mol. The number of benzene rings is 2. The first-order chi connectivity index (χ1) is 17.3. The van der Waals surface area contributed by atoms with Gasteiger partial charge in [-0.1, -0.05) is 24.8 Å². The van der Waals surface area contributed by atoms with E-state index in [1.165, 1.54) is 6.08 Å². The monoisotopic (exact) mass is 485 g/mol. The molecule has 1 amide bonds. The van der Waals surface area contributed by atoms with Crippen molar-refractivity contribution >= 4 is 39.8 Å². The van der Waals surface area contributed by atoms with Gasteiger partial charge in [0.1, 0.15) is 5.75 Å². The lowest BCUT2D eigenvalue weighted by Crippen LogP contribution is -2.29. The van der Waals surface area contributed by atoms with E-state index in [4.69, 9.17) is 0 Å². The molecule has 0 bridgehead atoms. The van der Waals surface area contributed by atoms with Crippen molar-refractivity contribution in [1.29, 1.82) is 0 Å². The fourth-order valence-electron chi connectivity index (χ4n) is 3.98. The summed E-state index contributed by atoms with van der Waals surface area (Å²) in [5.41, 5.74) is 4.43. The number of aromatic nitrogens is 3. The van der Waals surface area contributed by atoms with Gasteiger partial charge in [-0.05, 0) is 38.4 Å². The third-order valence-electron chi connectivity index (χ3n) is 5.93. The van der Waals surface area contributed by atoms with Gasteiger partial charge < -0.3 is 30.1 Å². The van der Waals surface area contributed by atoms with Crippen LogP contribution in [0.3, 0.4) is 0 Å². The summed E-state index contributed by atoms with van der Waals surface area (Å²) in [6.07, 6.45) is 4.92. The third-order valence-corrected chi connectivity index (χ3v) is 5.93. The number of carbonyl (C=O) groups excluding carboxylic acids is 1. The van der Waals surface area contributed by atoms with Gasteiger partial charge in [0.05, 0.1) is 22.8 Å². The quantitative estimate of drug-likeness (QED) is 0.186. The third kappa shape index (κ3) is 5.31. The van der Waals surface area contributed by atoms with Crippen LogP contribution >= 0.6 is 0 Å². The summed E-state index contributed by atoms with van der Waals surface area (Å²) < 4.78 is 2.06. The van der Waals surface area contributed by atoms with Crippen molar-refractivity contribution in [3.8, 4) is 17.0 Å². The Labute approximate surface area is 210 Å². The number of para-hydroxylation sites is 1. The Morgan fingerprint density at radius 2 is 1.92 bits per heavy atom. The zero-order valence-electron chi connectivity index (χ0n) is 21.0. The molecule has 2 heterocycles. The summed E-state index contributed by atoms with van der Waals surface area (Å²) in [5.74, 6) is -0.00832. The lowest BCUT2D eigenvalue weighted by molar-refractivity contribution is -0.111. The van der Waals surface area contributed by atoms with Crippen LogP contribution < -0.4 is 15.5 Å². The second-order valence-electron chi connectivity index (χ2n) is 8.87. The number of rotatable bonds is 9. The zero-order valence-corrected chi connectivity index (χ0v) is 21.0. The van der Waals surface area contributed by atoms with E-state index in [0.29, 0.717) is 29.6 Å². The standard InChI is InChI=1S/C27H31N7O2/c1-6-26(36)29-21-15-22(25(35)16-24(21)33(4)14-13-32(2)3)31-27-28-12-11-20(30-27)19-17-34(5)23-10-8-7-9-18(19)23/h6-12,15-17,35H,1,13-14H2,2-5H3,(H,29,36)(H,28,30,31). The van der Waals surface area contributed by atoms with Gasteiger partial charge in [-0.25, -0.2) is 9.97 Å². The molecule has 3 N–H and O–H groups in total. The molecule has 4 rings (SSSR count). The molecule has 36 heavy (non-hydrogen) atoms. The van der Waals surface area contributed by atoms with Gasteiger partial charge in [-0.2, -0.15) is 0 Å². The maximum atomic E-state index is 12.1. The van der Waals surface area contributed by atoms with Crippen molar-refractivity contribution in [2.75, 3.05) is 49.8 Å². The Balaban J connectivity index is 1.67. The van der Waals surface area contributed by atoms with E-state index >= 15 is 0 Å². The zero-order chi connectivity index (χ0) is 25.8. The molecule has 2 aromatic carbocycles. The SMILES string of the molecule is C=CC(=O)Nc1cc(Nc2nccc(-c3cn(C)c4ccccc34)n2)c(O)cc1N(C)CCN(C)C. The number of hydrogen-bond donors (Lipinski definition) is 3. The molecule has 0 saturated carbocycles. The number of fused-ring (bicyclic) bond motifs is 1. The first kappa shape index (κ1) is 24.7. The number of nitrogens with zero attached hydrogens (tertiary/aromatic N) is 5. The van der Waals surface area contributed by atoms with Crippen LogP contribution in [0.5, 0.6) is 5.75 Å². The lowest BCUT2D eigenvalue weighted by atomic mass is 10.1. The van der Waals surface area contributed by atoms with Crippen molar-refractivity contribution in [2.45, 2.75) is 0 Å². The van der Waals surface area contributed by atoms with Gasteiger partial charge in [0.15, 0.2) is 0 Å². The van der Waals surface area contributed by atoms with Crippen LogP contribution in [0.15, 0.2) is 67.5 Å². The van der Waals surface area contributed by atoms with E-state index in [1.54, 1.807) is 18.3 Å². The predicted octanol–water partition coefficient (Wildman–Crippen LogP) is 4.21. The van der Waals surface area contributed by atoms with E-state index in [-0.39, 0.29) is 11.7 Å². The van der Waals surface area contributed by atoms with Crippen molar-refractivity contribution in [3.63, 3.8) is 0 Å². The molecule has 2 aromatic heterocycles. The molecule has 0 aliphatic rings. The number of aryl methyl sites for hydroxylation is 1. The van der Waals surface area contributed by atoms with Gasteiger partial charge in [0.25, 0.3) is 0 Å². The highest BCUT2D eigenvalue weighted by Gasteiger charge is 2.16. The van der Waals surface area contributed by atoms with Crippen LogP contribution in [0.2, 0.25) is 0 Å². The molecule has 0 saturated heterocycles. The fraction of sp³-hybridized carbons (Fsp3) is 0.222. The summed E-state index contributed by atoms with van der Waals surface area (Å²) >= 11 is 0. The van der Waals surface area contributed by atoms with E-state index in [1.807, 2.05) is 57.5 Å². The molecule has 0 radical (unpaired) electrons. The number of aromatic hydroxyl groups is 1. The average Bonchev–Trinajstić information content (AvgIpc) is 3.21. The highest BCUT2D eigenvalue weighted by atomic mass is 16.3. The number of amides is 1. The Morgan fingerprint density at radius 3 is 2.67 bits per heavy atom. The summed E-state index contributed by atoms with van der Waals surface area (Å²) in [5, 5.41) is 17.9. The summed E-state index contributed by atoms with van der Waals surface area (Å²) in [6, 6.07) is 13.3. The summed E-state index contributed by atoms with van der Waals surface area (Å²) in [6.45, 7) is 5.05. The van der Waals surface area contributed by atoms with Crippen molar-refractivity contribution < 1.29 is 9.90 Å². The first-order valence-corrected chi connectivity index (χ1v) is 11.6. The molecule has 0 aliphatic carbocycles. The normalized spacial score (nSPS) is 11.0. The van der Waals surface area contributed by atoms with Crippen molar-refractivity contribution in [3.05, 3.63) is 67.5 Å². The average molecular weight is 486 g/mol. The minimum absolute atomic E-state index is 0.0115. The van der Waals surface area contributed by atoms with E-state index in [2.05, 4.69) is 48.8 Å². The molecule has 0 spiro atoms. The van der Waals surface area contributed by atoms with Crippen LogP contribution in [0.1, 0.15) is 0 Å². The summed E-state index contributed by atoms with van der Waals surface area (Å²) in [4.78, 5) is 25.2. The Kier molecular flexibility index (Phi) is 7.21. The van der Waals surface area contributed by atoms with Crippen molar-refractivity contribution in [2.24, 2.45) is 7.05 Å². The minimum Gasteiger partial charge on any atom is -0.506 e. The second-order valence-corrected chi connectivity index (χ2v) is 8.87. The number of anilines is 4. The molecular formula is C27H31N7O2. The number of phenolic OH excluding ortho intramolecular Hbond substituents is 1. The smallest absolute Gasteiger partial charge is 0.247 e. The molecule has 0 atom stereocenters. The van der Waals surface area contributed by atoms with Crippen molar-refractivity contribution in [1.82, 2.24) is 19.4 Å². The molecular weight excluding hydrogens is 454 g/mol. The molecule has 0 fully saturated rings. The Hall–Kier alpha value is -4.37.